The molecule has 0 spiro atoms. The Morgan fingerprint density at radius 2 is 1.18 bits per heavy atom. The summed E-state index contributed by atoms with van der Waals surface area (Å²) in [4.78, 5) is 104. The van der Waals surface area contributed by atoms with Crippen LogP contribution < -0.4 is 55.3 Å². The molecule has 0 fully saturated rings. The maximum atomic E-state index is 13.3. The molecule has 0 unspecified atom stereocenters. The number of aliphatic carboxylic acids is 1. The van der Waals surface area contributed by atoms with Gasteiger partial charge in [0.15, 0.2) is 11.9 Å². The summed E-state index contributed by atoms with van der Waals surface area (Å²) in [6.07, 6.45) is 0.380. The van der Waals surface area contributed by atoms with Crippen LogP contribution in [-0.2, 0) is 44.3 Å². The number of rotatable bonds is 26. The monoisotopic (exact) mass is 834 g/mol. The van der Waals surface area contributed by atoms with Crippen molar-refractivity contribution < 1.29 is 57.9 Å². The van der Waals surface area contributed by atoms with Gasteiger partial charge in [0.2, 0.25) is 29.5 Å². The van der Waals surface area contributed by atoms with E-state index >= 15 is 0 Å². The largest absolute Gasteiger partial charge is 0.480 e. The van der Waals surface area contributed by atoms with E-state index in [1.54, 1.807) is 30.3 Å². The van der Waals surface area contributed by atoms with Crippen molar-refractivity contribution in [3.05, 3.63) is 35.9 Å². The van der Waals surface area contributed by atoms with Crippen LogP contribution in [0.5, 0.6) is 0 Å². The number of carbonyl (C=O) groups excluding carboxylic acids is 5. The van der Waals surface area contributed by atoms with Crippen molar-refractivity contribution in [2.24, 2.45) is 38.7 Å². The van der Waals surface area contributed by atoms with E-state index in [4.69, 9.17) is 28.7 Å². The number of phosphoric ester groups is 1. The lowest BCUT2D eigenvalue weighted by Gasteiger charge is -2.26. The Morgan fingerprint density at radius 3 is 1.70 bits per heavy atom. The molecule has 26 heteroatoms. The molecule has 19 N–H and O–H groups in total. The fraction of sp³-hybridized carbons (Fsp3) is 0.533. The molecule has 1 rings (SSSR count). The van der Waals surface area contributed by atoms with Crippen molar-refractivity contribution >= 4 is 67.9 Å². The minimum Gasteiger partial charge on any atom is -0.480 e. The number of amides is 5. The van der Waals surface area contributed by atoms with Crippen LogP contribution in [0.3, 0.4) is 0 Å². The summed E-state index contributed by atoms with van der Waals surface area (Å²) >= 11 is 4.03. The number of benzene rings is 1. The smallest absolute Gasteiger partial charge is 0.469 e. The Morgan fingerprint density at radius 1 is 0.714 bits per heavy atom. The summed E-state index contributed by atoms with van der Waals surface area (Å²) in [5.41, 5.74) is 27.8. The minimum absolute atomic E-state index is 0.0438. The zero-order valence-corrected chi connectivity index (χ0v) is 31.9. The molecule has 0 heterocycles. The summed E-state index contributed by atoms with van der Waals surface area (Å²) in [5.74, 6) is -7.44. The number of carbonyl (C=O) groups is 6. The number of carboxylic acid groups (broad SMARTS) is 1. The van der Waals surface area contributed by atoms with Gasteiger partial charge in [-0.1, -0.05) is 30.3 Å². The first-order valence-electron chi connectivity index (χ1n) is 16.8. The lowest BCUT2D eigenvalue weighted by Crippen LogP contribution is -2.61. The number of hydrogen-bond donors (Lipinski definition) is 15. The molecule has 0 aliphatic carbocycles. The first kappa shape index (κ1) is 49.0. The van der Waals surface area contributed by atoms with Crippen molar-refractivity contribution in [2.75, 3.05) is 32.1 Å². The highest BCUT2D eigenvalue weighted by molar-refractivity contribution is 7.80. The summed E-state index contributed by atoms with van der Waals surface area (Å²) < 4.78 is 15.9. The molecule has 0 aromatic heterocycles. The molecule has 0 aliphatic rings. The van der Waals surface area contributed by atoms with E-state index in [2.05, 4.69) is 53.7 Å². The van der Waals surface area contributed by atoms with E-state index in [9.17, 15) is 53.3 Å². The van der Waals surface area contributed by atoms with E-state index in [1.807, 2.05) is 0 Å². The Labute approximate surface area is 326 Å². The van der Waals surface area contributed by atoms with Crippen LogP contribution in [0, 0.1) is 0 Å². The molecule has 24 nitrogen and oxygen atoms in total. The van der Waals surface area contributed by atoms with Crippen molar-refractivity contribution in [3.63, 3.8) is 0 Å². The summed E-state index contributed by atoms with van der Waals surface area (Å²) in [5, 5.41) is 30.9. The van der Waals surface area contributed by atoms with Gasteiger partial charge in [-0.3, -0.25) is 38.5 Å². The lowest BCUT2D eigenvalue weighted by atomic mass is 10.1. The third-order valence-electron chi connectivity index (χ3n) is 7.45. The fourth-order valence-electron chi connectivity index (χ4n) is 4.58. The molecule has 0 aliphatic heterocycles. The second-order valence-electron chi connectivity index (χ2n) is 12.0. The second kappa shape index (κ2) is 25.2. The third-order valence-corrected chi connectivity index (χ3v) is 8.30. The number of carboxylic acids is 1. The standard InChI is InChI=1S/C30H51N12O12PS/c31-17(8-4-10-36-29(32)33)23(44)38-18(9-5-11-37-30(34)35)24(45)40-20(13-43)25(46)41-21(14-54-55(51,52)53)26(47)42-22(15-56)27(48)39-19(28(49)50)12-16-6-2-1-3-7-16/h1-3,6-7,17-22,43,56H,4-5,8-15,31H2,(H,38,44)(H,39,48)(H,40,45)(H,41,46)(H,42,47)(H,49,50)(H4,32,33,36)(H4,34,35,37)(H2,51,52,53)/t17-,18-,19-,20-,21-,22-/m0/s1. The molecule has 314 valence electrons. The average Bonchev–Trinajstić information content (AvgIpc) is 3.13. The third kappa shape index (κ3) is 20.0. The zero-order valence-electron chi connectivity index (χ0n) is 30.2. The number of nitrogens with zero attached hydrogens (tertiary/aromatic N) is 2. The minimum atomic E-state index is -5.25. The molecule has 0 saturated heterocycles. The van der Waals surface area contributed by atoms with Gasteiger partial charge in [0, 0.05) is 25.3 Å². The molecule has 0 bridgehead atoms. The van der Waals surface area contributed by atoms with E-state index in [0.717, 1.165) is 0 Å². The topological polar surface area (TPSA) is 425 Å². The van der Waals surface area contributed by atoms with Crippen LogP contribution in [0.15, 0.2) is 40.3 Å². The number of hydrogen-bond acceptors (Lipinski definition) is 13. The maximum absolute atomic E-state index is 13.3. The molecule has 1 aromatic carbocycles. The number of nitrogens with one attached hydrogen (secondary N) is 5. The van der Waals surface area contributed by atoms with Gasteiger partial charge in [-0.15, -0.1) is 0 Å². The number of guanidine groups is 2. The van der Waals surface area contributed by atoms with Gasteiger partial charge < -0.3 is 75.3 Å². The van der Waals surface area contributed by atoms with Crippen LogP contribution in [0.2, 0.25) is 0 Å². The fourth-order valence-corrected chi connectivity index (χ4v) is 5.18. The molecule has 0 saturated carbocycles. The quantitative estimate of drug-likeness (QED) is 0.0136. The van der Waals surface area contributed by atoms with Crippen LogP contribution in [0.25, 0.3) is 0 Å². The summed E-state index contributed by atoms with van der Waals surface area (Å²) in [6, 6.07) is -0.906. The highest BCUT2D eigenvalue weighted by Crippen LogP contribution is 2.35. The summed E-state index contributed by atoms with van der Waals surface area (Å²) in [7, 11) is -5.25. The predicted octanol–water partition coefficient (Wildman–Crippen LogP) is -5.80. The normalized spacial score (nSPS) is 14.3. The Kier molecular flexibility index (Phi) is 22.0. The number of thiol groups is 1. The first-order valence-corrected chi connectivity index (χ1v) is 19.0. The number of aliphatic hydroxyl groups excluding tert-OH is 1. The predicted molar refractivity (Wildman–Crippen MR) is 204 cm³/mol. The molecule has 6 atom stereocenters. The first-order chi connectivity index (χ1) is 26.3. The van der Waals surface area contributed by atoms with Crippen LogP contribution in [-0.4, -0.2) is 136 Å². The number of aliphatic imine (C=N–C) groups is 2. The van der Waals surface area contributed by atoms with Crippen LogP contribution in [0.4, 0.5) is 0 Å². The SMILES string of the molecule is NC(N)=NCCC[C@H](NC(=O)[C@@H](N)CCCN=C(N)N)C(=O)N[C@@H](CO)C(=O)N[C@@H](COP(=O)(O)O)C(=O)N[C@@H](CS)C(=O)N[C@@H](Cc1ccccc1)C(=O)O. The summed E-state index contributed by atoms with van der Waals surface area (Å²) in [6.45, 7) is -2.03. The van der Waals surface area contributed by atoms with Crippen molar-refractivity contribution in [3.8, 4) is 0 Å². The van der Waals surface area contributed by atoms with Gasteiger partial charge in [-0.2, -0.15) is 12.6 Å². The molecule has 56 heavy (non-hydrogen) atoms. The van der Waals surface area contributed by atoms with Crippen LogP contribution in [0.1, 0.15) is 31.2 Å². The molecule has 5 amide bonds. The van der Waals surface area contributed by atoms with Crippen LogP contribution >= 0.6 is 20.5 Å². The van der Waals surface area contributed by atoms with E-state index in [-0.39, 0.29) is 50.7 Å². The van der Waals surface area contributed by atoms with Gasteiger partial charge in [-0.25, -0.2) is 9.36 Å². The van der Waals surface area contributed by atoms with Gasteiger partial charge in [0.25, 0.3) is 0 Å². The average molecular weight is 835 g/mol. The highest BCUT2D eigenvalue weighted by Gasteiger charge is 2.33. The second-order valence-corrected chi connectivity index (χ2v) is 13.6. The molecule has 0 radical (unpaired) electrons. The number of phosphoric acid groups is 1. The highest BCUT2D eigenvalue weighted by atomic mass is 32.1. The van der Waals surface area contributed by atoms with Crippen molar-refractivity contribution in [1.82, 2.24) is 26.6 Å². The molecule has 1 aromatic rings. The van der Waals surface area contributed by atoms with Crippen molar-refractivity contribution in [2.45, 2.75) is 68.4 Å². The van der Waals surface area contributed by atoms with Gasteiger partial charge in [0.1, 0.15) is 30.2 Å². The van der Waals surface area contributed by atoms with E-state index in [1.165, 1.54) is 0 Å². The van der Waals surface area contributed by atoms with Gasteiger partial charge in [0.05, 0.1) is 19.3 Å². The molecular weight excluding hydrogens is 783 g/mol. The van der Waals surface area contributed by atoms with Crippen molar-refractivity contribution in [1.29, 1.82) is 0 Å². The van der Waals surface area contributed by atoms with Gasteiger partial charge >= 0.3 is 13.8 Å². The lowest BCUT2D eigenvalue weighted by molar-refractivity contribution is -0.142. The van der Waals surface area contributed by atoms with E-state index < -0.39 is 98.5 Å². The Balaban J connectivity index is 3.14. The Bertz CT molecular complexity index is 1580. The number of nitrogens with two attached hydrogens (primary N) is 5. The number of aliphatic hydroxyl groups is 1. The molecular formula is C30H51N12O12PS. The van der Waals surface area contributed by atoms with E-state index in [0.29, 0.717) is 12.0 Å². The van der Waals surface area contributed by atoms with Gasteiger partial charge in [-0.05, 0) is 31.2 Å². The zero-order chi connectivity index (χ0) is 42.4. The Hall–Kier alpha value is -5.04. The maximum Gasteiger partial charge on any atom is 0.469 e.